The van der Waals surface area contributed by atoms with E-state index < -0.39 is 5.60 Å². The fourth-order valence-corrected chi connectivity index (χ4v) is 5.01. The average Bonchev–Trinajstić information content (AvgIpc) is 3.07. The Labute approximate surface area is 183 Å². The summed E-state index contributed by atoms with van der Waals surface area (Å²) in [6, 6.07) is 9.98. The first-order valence-corrected chi connectivity index (χ1v) is 11.5. The number of thiazole rings is 1. The molecule has 0 bridgehead atoms. The lowest BCUT2D eigenvalue weighted by Crippen LogP contribution is -2.48. The van der Waals surface area contributed by atoms with Gasteiger partial charge in [-0.25, -0.2) is 4.98 Å². The molecule has 0 aliphatic carbocycles. The van der Waals surface area contributed by atoms with Crippen LogP contribution in [0.4, 0.5) is 0 Å². The molecule has 1 aliphatic heterocycles. The van der Waals surface area contributed by atoms with E-state index >= 15 is 0 Å². The monoisotopic (exact) mass is 428 g/mol. The molecule has 1 fully saturated rings. The normalized spacial score (nSPS) is 19.6. The molecule has 2 atom stereocenters. The van der Waals surface area contributed by atoms with E-state index in [4.69, 9.17) is 4.74 Å². The first-order valence-electron chi connectivity index (χ1n) is 10.7. The SMILES string of the molecule is Cc1nc(C(=O)N2CCC[C@H](C)[C@H]2CCC(=O)OC(C)(C)C)c(-c2ccccc2)s1. The number of ether oxygens (including phenoxy) is 1. The molecule has 1 aromatic heterocycles. The number of aryl methyl sites for hydroxylation is 1. The number of hydrogen-bond donors (Lipinski definition) is 0. The fourth-order valence-electron chi connectivity index (χ4n) is 4.09. The maximum Gasteiger partial charge on any atom is 0.306 e. The lowest BCUT2D eigenvalue weighted by Gasteiger charge is -2.40. The van der Waals surface area contributed by atoms with Crippen molar-refractivity contribution in [3.05, 3.63) is 41.0 Å². The van der Waals surface area contributed by atoms with E-state index in [0.717, 1.165) is 28.3 Å². The van der Waals surface area contributed by atoms with Crippen LogP contribution in [-0.2, 0) is 9.53 Å². The maximum absolute atomic E-state index is 13.6. The number of carbonyl (C=O) groups is 2. The number of amides is 1. The van der Waals surface area contributed by atoms with Gasteiger partial charge in [-0.15, -0.1) is 11.3 Å². The highest BCUT2D eigenvalue weighted by Crippen LogP contribution is 2.34. The van der Waals surface area contributed by atoms with Gasteiger partial charge in [0, 0.05) is 19.0 Å². The van der Waals surface area contributed by atoms with Crippen LogP contribution in [0.5, 0.6) is 0 Å². The summed E-state index contributed by atoms with van der Waals surface area (Å²) in [7, 11) is 0. The van der Waals surface area contributed by atoms with E-state index in [2.05, 4.69) is 11.9 Å². The van der Waals surface area contributed by atoms with Gasteiger partial charge in [0.2, 0.25) is 0 Å². The minimum atomic E-state index is -0.493. The molecule has 2 aromatic rings. The van der Waals surface area contributed by atoms with Crippen LogP contribution < -0.4 is 0 Å². The van der Waals surface area contributed by atoms with Crippen LogP contribution in [0, 0.1) is 12.8 Å². The van der Waals surface area contributed by atoms with Gasteiger partial charge >= 0.3 is 5.97 Å². The van der Waals surface area contributed by atoms with Crippen LogP contribution in [-0.4, -0.2) is 39.9 Å². The zero-order chi connectivity index (χ0) is 21.9. The van der Waals surface area contributed by atoms with Crippen LogP contribution in [0.1, 0.15) is 68.9 Å². The summed E-state index contributed by atoms with van der Waals surface area (Å²) < 4.78 is 5.47. The third-order valence-corrected chi connectivity index (χ3v) is 6.43. The first-order chi connectivity index (χ1) is 14.2. The molecule has 5 nitrogen and oxygen atoms in total. The number of benzene rings is 1. The summed E-state index contributed by atoms with van der Waals surface area (Å²) in [4.78, 5) is 33.3. The van der Waals surface area contributed by atoms with Gasteiger partial charge in [0.15, 0.2) is 0 Å². The van der Waals surface area contributed by atoms with Crippen LogP contribution in [0.3, 0.4) is 0 Å². The Kier molecular flexibility index (Phi) is 6.96. The van der Waals surface area contributed by atoms with Crippen LogP contribution in [0.25, 0.3) is 10.4 Å². The number of hydrogen-bond acceptors (Lipinski definition) is 5. The predicted molar refractivity (Wildman–Crippen MR) is 121 cm³/mol. The number of rotatable bonds is 5. The zero-order valence-electron chi connectivity index (χ0n) is 18.6. The zero-order valence-corrected chi connectivity index (χ0v) is 19.4. The first kappa shape index (κ1) is 22.5. The van der Waals surface area contributed by atoms with Crippen molar-refractivity contribution in [3.8, 4) is 10.4 Å². The quantitative estimate of drug-likeness (QED) is 0.592. The third-order valence-electron chi connectivity index (χ3n) is 5.41. The molecule has 1 aromatic carbocycles. The molecule has 0 N–H and O–H groups in total. The summed E-state index contributed by atoms with van der Waals surface area (Å²) >= 11 is 1.55. The highest BCUT2D eigenvalue weighted by atomic mass is 32.1. The second-order valence-corrected chi connectivity index (χ2v) is 10.3. The highest BCUT2D eigenvalue weighted by Gasteiger charge is 2.35. The van der Waals surface area contributed by atoms with Crippen molar-refractivity contribution < 1.29 is 14.3 Å². The lowest BCUT2D eigenvalue weighted by molar-refractivity contribution is -0.155. The number of aromatic nitrogens is 1. The van der Waals surface area contributed by atoms with E-state index in [1.807, 2.05) is 62.9 Å². The molecular formula is C24H32N2O3S. The standard InChI is InChI=1S/C24H32N2O3S/c1-16-10-9-15-26(19(16)13-14-20(27)29-24(3,4)5)23(28)21-22(30-17(2)25-21)18-11-7-6-8-12-18/h6-8,11-12,16,19H,9-10,13-15H2,1-5H3/t16-,19+/m0/s1. The van der Waals surface area contributed by atoms with Gasteiger partial charge in [-0.3, -0.25) is 9.59 Å². The molecule has 3 rings (SSSR count). The number of esters is 1. The van der Waals surface area contributed by atoms with Gasteiger partial charge in [0.1, 0.15) is 11.3 Å². The molecule has 30 heavy (non-hydrogen) atoms. The van der Waals surface area contributed by atoms with Crippen molar-refractivity contribution in [1.82, 2.24) is 9.88 Å². The molecule has 0 unspecified atom stereocenters. The summed E-state index contributed by atoms with van der Waals surface area (Å²) in [6.07, 6.45) is 2.97. The number of likely N-dealkylation sites (tertiary alicyclic amines) is 1. The van der Waals surface area contributed by atoms with E-state index in [0.29, 0.717) is 31.0 Å². The third kappa shape index (κ3) is 5.48. The summed E-state index contributed by atoms with van der Waals surface area (Å²) in [6.45, 7) is 10.4. The Bertz CT molecular complexity index is 886. The van der Waals surface area contributed by atoms with Gasteiger partial charge in [0.25, 0.3) is 5.91 Å². The maximum atomic E-state index is 13.6. The van der Waals surface area contributed by atoms with Crippen molar-refractivity contribution in [2.45, 2.75) is 71.9 Å². The Morgan fingerprint density at radius 1 is 1.23 bits per heavy atom. The molecular weight excluding hydrogens is 396 g/mol. The average molecular weight is 429 g/mol. The van der Waals surface area contributed by atoms with Crippen LogP contribution in [0.15, 0.2) is 30.3 Å². The van der Waals surface area contributed by atoms with Gasteiger partial charge < -0.3 is 9.64 Å². The van der Waals surface area contributed by atoms with E-state index in [1.54, 1.807) is 11.3 Å². The molecule has 0 spiro atoms. The summed E-state index contributed by atoms with van der Waals surface area (Å²) in [5.41, 5.74) is 1.05. The van der Waals surface area contributed by atoms with Gasteiger partial charge in [0.05, 0.1) is 9.88 Å². The fraction of sp³-hybridized carbons (Fsp3) is 0.542. The topological polar surface area (TPSA) is 59.5 Å². The van der Waals surface area contributed by atoms with Crippen molar-refractivity contribution in [1.29, 1.82) is 0 Å². The van der Waals surface area contributed by atoms with Crippen molar-refractivity contribution >= 4 is 23.2 Å². The van der Waals surface area contributed by atoms with Gasteiger partial charge in [-0.05, 0) is 58.4 Å². The molecule has 0 radical (unpaired) electrons. The molecule has 162 valence electrons. The summed E-state index contributed by atoms with van der Waals surface area (Å²) in [5.74, 6) is 0.103. The second kappa shape index (κ2) is 9.29. The largest absolute Gasteiger partial charge is 0.460 e. The minimum absolute atomic E-state index is 0.0180. The van der Waals surface area contributed by atoms with E-state index in [-0.39, 0.29) is 17.9 Å². The van der Waals surface area contributed by atoms with E-state index in [9.17, 15) is 9.59 Å². The smallest absolute Gasteiger partial charge is 0.306 e. The molecule has 1 aliphatic rings. The number of piperidine rings is 1. The Hall–Kier alpha value is -2.21. The predicted octanol–water partition coefficient (Wildman–Crippen LogP) is 5.48. The molecule has 1 amide bonds. The number of carbonyl (C=O) groups excluding carboxylic acids is 2. The van der Waals surface area contributed by atoms with Gasteiger partial charge in [-0.2, -0.15) is 0 Å². The lowest BCUT2D eigenvalue weighted by atomic mass is 9.87. The van der Waals surface area contributed by atoms with Crippen molar-refractivity contribution in [2.24, 2.45) is 5.92 Å². The Balaban J connectivity index is 1.81. The van der Waals surface area contributed by atoms with Gasteiger partial charge in [-0.1, -0.05) is 37.3 Å². The Morgan fingerprint density at radius 2 is 1.93 bits per heavy atom. The van der Waals surface area contributed by atoms with E-state index in [1.165, 1.54) is 0 Å². The van der Waals surface area contributed by atoms with Crippen molar-refractivity contribution in [2.75, 3.05) is 6.54 Å². The van der Waals surface area contributed by atoms with Crippen LogP contribution >= 0.6 is 11.3 Å². The molecule has 1 saturated heterocycles. The number of nitrogens with zero attached hydrogens (tertiary/aromatic N) is 2. The summed E-state index contributed by atoms with van der Waals surface area (Å²) in [5, 5.41) is 0.882. The molecule has 0 saturated carbocycles. The molecule has 6 heteroatoms. The molecule has 2 heterocycles. The Morgan fingerprint density at radius 3 is 2.60 bits per heavy atom. The minimum Gasteiger partial charge on any atom is -0.460 e. The second-order valence-electron chi connectivity index (χ2n) is 9.09. The van der Waals surface area contributed by atoms with Crippen LogP contribution in [0.2, 0.25) is 0 Å². The highest BCUT2D eigenvalue weighted by molar-refractivity contribution is 7.15. The van der Waals surface area contributed by atoms with Crippen molar-refractivity contribution in [3.63, 3.8) is 0 Å².